The maximum atomic E-state index is 12.1. The van der Waals surface area contributed by atoms with Gasteiger partial charge < -0.3 is 14.8 Å². The van der Waals surface area contributed by atoms with E-state index >= 15 is 0 Å². The first kappa shape index (κ1) is 12.5. The zero-order valence-corrected chi connectivity index (χ0v) is 10.8. The van der Waals surface area contributed by atoms with Crippen LogP contribution in [0.4, 0.5) is 0 Å². The molecule has 0 unspecified atom stereocenters. The Hall–Kier alpha value is -1.97. The molecule has 0 aliphatic carbocycles. The van der Waals surface area contributed by atoms with Crippen LogP contribution in [0.25, 0.3) is 11.0 Å². The fourth-order valence-electron chi connectivity index (χ4n) is 1.88. The minimum Gasteiger partial charge on any atom is -0.508 e. The van der Waals surface area contributed by atoms with E-state index in [0.717, 1.165) is 5.39 Å². The molecular weight excluding hydrogens is 230 g/mol. The molecule has 1 heterocycles. The van der Waals surface area contributed by atoms with Gasteiger partial charge in [-0.25, -0.2) is 0 Å². The average Bonchev–Trinajstić information content (AvgIpc) is 2.61. The molecule has 96 valence electrons. The minimum absolute atomic E-state index is 0.130. The van der Waals surface area contributed by atoms with Crippen LogP contribution in [0.2, 0.25) is 0 Å². The van der Waals surface area contributed by atoms with Crippen molar-refractivity contribution in [1.82, 2.24) is 5.32 Å². The molecule has 1 amide bonds. The molecule has 0 aliphatic rings. The Morgan fingerprint density at radius 3 is 2.83 bits per heavy atom. The summed E-state index contributed by atoms with van der Waals surface area (Å²) in [5, 5.41) is 13.0. The summed E-state index contributed by atoms with van der Waals surface area (Å²) in [6, 6.07) is 4.77. The van der Waals surface area contributed by atoms with Crippen LogP contribution in [-0.4, -0.2) is 17.6 Å². The number of hydrogen-bond donors (Lipinski definition) is 2. The predicted octanol–water partition coefficient (Wildman–Crippen LogP) is 2.83. The largest absolute Gasteiger partial charge is 0.508 e. The van der Waals surface area contributed by atoms with Crippen LogP contribution in [0, 0.1) is 12.8 Å². The van der Waals surface area contributed by atoms with Gasteiger partial charge in [0.05, 0.1) is 5.56 Å². The molecule has 0 radical (unpaired) electrons. The number of furan rings is 1. The Bertz CT molecular complexity index is 584. The molecule has 0 fully saturated rings. The van der Waals surface area contributed by atoms with Gasteiger partial charge in [-0.1, -0.05) is 13.8 Å². The topological polar surface area (TPSA) is 62.5 Å². The molecule has 18 heavy (non-hydrogen) atoms. The van der Waals surface area contributed by atoms with Crippen molar-refractivity contribution >= 4 is 16.9 Å². The third kappa shape index (κ3) is 2.32. The number of amides is 1. The number of phenolic OH excluding ortho intramolecular Hbond substituents is 1. The van der Waals surface area contributed by atoms with Crippen molar-refractivity contribution in [2.45, 2.75) is 20.8 Å². The second-order valence-corrected chi connectivity index (χ2v) is 4.82. The van der Waals surface area contributed by atoms with Crippen molar-refractivity contribution in [2.75, 3.05) is 6.54 Å². The van der Waals surface area contributed by atoms with Crippen molar-refractivity contribution in [3.05, 3.63) is 29.5 Å². The summed E-state index contributed by atoms with van der Waals surface area (Å²) in [6.45, 7) is 6.46. The summed E-state index contributed by atoms with van der Waals surface area (Å²) in [5.41, 5.74) is 1.08. The number of hydrogen-bond acceptors (Lipinski definition) is 3. The monoisotopic (exact) mass is 247 g/mol. The Morgan fingerprint density at radius 2 is 2.17 bits per heavy atom. The summed E-state index contributed by atoms with van der Waals surface area (Å²) in [6.07, 6.45) is 0. The highest BCUT2D eigenvalue weighted by molar-refractivity contribution is 6.07. The standard InChI is InChI=1S/C14H17NO3/c1-8(2)7-15-14(17)13-9(3)18-12-6-10(16)4-5-11(12)13/h4-6,8,16H,7H2,1-3H3,(H,15,17). The Balaban J connectivity index is 2.38. The van der Waals surface area contributed by atoms with E-state index < -0.39 is 0 Å². The quantitative estimate of drug-likeness (QED) is 0.876. The Labute approximate surface area is 106 Å². The van der Waals surface area contributed by atoms with Gasteiger partial charge >= 0.3 is 0 Å². The SMILES string of the molecule is Cc1oc2cc(O)ccc2c1C(=O)NCC(C)C. The van der Waals surface area contributed by atoms with Gasteiger partial charge in [-0.15, -0.1) is 0 Å². The summed E-state index contributed by atoms with van der Waals surface area (Å²) >= 11 is 0. The normalized spacial score (nSPS) is 11.1. The van der Waals surface area contributed by atoms with E-state index in [1.165, 1.54) is 6.07 Å². The lowest BCUT2D eigenvalue weighted by Gasteiger charge is -2.07. The van der Waals surface area contributed by atoms with Crippen LogP contribution >= 0.6 is 0 Å². The van der Waals surface area contributed by atoms with Gasteiger partial charge in [0.1, 0.15) is 17.1 Å². The number of phenols is 1. The van der Waals surface area contributed by atoms with Crippen LogP contribution in [0.1, 0.15) is 30.0 Å². The first-order chi connectivity index (χ1) is 8.49. The highest BCUT2D eigenvalue weighted by atomic mass is 16.3. The van der Waals surface area contributed by atoms with E-state index in [4.69, 9.17) is 4.42 Å². The molecule has 2 aromatic rings. The van der Waals surface area contributed by atoms with Crippen molar-refractivity contribution in [1.29, 1.82) is 0 Å². The number of carbonyl (C=O) groups excluding carboxylic acids is 1. The van der Waals surface area contributed by atoms with Gasteiger partial charge in [0.15, 0.2) is 0 Å². The number of aromatic hydroxyl groups is 1. The molecule has 1 aromatic carbocycles. The molecule has 2 rings (SSSR count). The highest BCUT2D eigenvalue weighted by Gasteiger charge is 2.18. The van der Waals surface area contributed by atoms with Gasteiger partial charge in [-0.3, -0.25) is 4.79 Å². The summed E-state index contributed by atoms with van der Waals surface area (Å²) in [4.78, 5) is 12.1. The van der Waals surface area contributed by atoms with Crippen molar-refractivity contribution in [3.63, 3.8) is 0 Å². The molecule has 0 spiro atoms. The molecule has 4 heteroatoms. The summed E-state index contributed by atoms with van der Waals surface area (Å²) in [7, 11) is 0. The van der Waals surface area contributed by atoms with E-state index in [1.54, 1.807) is 19.1 Å². The second-order valence-electron chi connectivity index (χ2n) is 4.82. The average molecular weight is 247 g/mol. The predicted molar refractivity (Wildman–Crippen MR) is 69.8 cm³/mol. The second kappa shape index (κ2) is 4.72. The molecular formula is C14H17NO3. The lowest BCUT2D eigenvalue weighted by molar-refractivity contribution is 0.0949. The van der Waals surface area contributed by atoms with E-state index in [0.29, 0.717) is 29.4 Å². The van der Waals surface area contributed by atoms with Gasteiger partial charge in [-0.2, -0.15) is 0 Å². The zero-order chi connectivity index (χ0) is 13.3. The van der Waals surface area contributed by atoms with E-state index in [9.17, 15) is 9.90 Å². The van der Waals surface area contributed by atoms with Crippen LogP contribution < -0.4 is 5.32 Å². The molecule has 0 saturated carbocycles. The molecule has 2 N–H and O–H groups in total. The highest BCUT2D eigenvalue weighted by Crippen LogP contribution is 2.28. The number of aryl methyl sites for hydroxylation is 1. The molecule has 0 atom stereocenters. The molecule has 0 saturated heterocycles. The summed E-state index contributed by atoms with van der Waals surface area (Å²) in [5.74, 6) is 0.962. The third-order valence-electron chi connectivity index (χ3n) is 2.75. The number of nitrogens with one attached hydrogen (secondary N) is 1. The molecule has 4 nitrogen and oxygen atoms in total. The van der Waals surface area contributed by atoms with E-state index in [2.05, 4.69) is 5.32 Å². The van der Waals surface area contributed by atoms with Crippen LogP contribution in [0.5, 0.6) is 5.75 Å². The fraction of sp³-hybridized carbons (Fsp3) is 0.357. The van der Waals surface area contributed by atoms with Gasteiger partial charge in [0.2, 0.25) is 0 Å². The number of carbonyl (C=O) groups is 1. The zero-order valence-electron chi connectivity index (χ0n) is 10.8. The number of benzene rings is 1. The minimum atomic E-state index is -0.134. The lowest BCUT2D eigenvalue weighted by atomic mass is 10.1. The summed E-state index contributed by atoms with van der Waals surface area (Å²) < 4.78 is 5.49. The Morgan fingerprint density at radius 1 is 1.44 bits per heavy atom. The van der Waals surface area contributed by atoms with Crippen LogP contribution in [0.15, 0.2) is 22.6 Å². The van der Waals surface area contributed by atoms with E-state index in [1.807, 2.05) is 13.8 Å². The molecule has 0 aliphatic heterocycles. The fourth-order valence-corrected chi connectivity index (χ4v) is 1.88. The first-order valence-electron chi connectivity index (χ1n) is 5.99. The van der Waals surface area contributed by atoms with Crippen molar-refractivity contribution < 1.29 is 14.3 Å². The molecule has 0 bridgehead atoms. The van der Waals surface area contributed by atoms with Crippen LogP contribution in [0.3, 0.4) is 0 Å². The number of rotatable bonds is 3. The maximum Gasteiger partial charge on any atom is 0.255 e. The lowest BCUT2D eigenvalue weighted by Crippen LogP contribution is -2.27. The van der Waals surface area contributed by atoms with Crippen molar-refractivity contribution in [3.8, 4) is 5.75 Å². The van der Waals surface area contributed by atoms with Gasteiger partial charge in [0.25, 0.3) is 5.91 Å². The third-order valence-corrected chi connectivity index (χ3v) is 2.75. The van der Waals surface area contributed by atoms with E-state index in [-0.39, 0.29) is 11.7 Å². The number of fused-ring (bicyclic) bond motifs is 1. The smallest absolute Gasteiger partial charge is 0.255 e. The van der Waals surface area contributed by atoms with Gasteiger partial charge in [0, 0.05) is 18.0 Å². The first-order valence-corrected chi connectivity index (χ1v) is 5.99. The van der Waals surface area contributed by atoms with Crippen molar-refractivity contribution in [2.24, 2.45) is 5.92 Å². The van der Waals surface area contributed by atoms with Crippen LogP contribution in [-0.2, 0) is 0 Å². The maximum absolute atomic E-state index is 12.1. The van der Waals surface area contributed by atoms with Gasteiger partial charge in [-0.05, 0) is 25.0 Å². The molecule has 1 aromatic heterocycles. The Kier molecular flexibility index (Phi) is 3.28.